The normalized spacial score (nSPS) is 22.3. The quantitative estimate of drug-likeness (QED) is 0.890. The number of rotatable bonds is 4. The predicted octanol–water partition coefficient (Wildman–Crippen LogP) is 0.829. The molecule has 0 amide bonds. The third-order valence-electron chi connectivity index (χ3n) is 3.54. The minimum absolute atomic E-state index is 0.0358. The molecular formula is C12H21N3O3S. The average Bonchev–Trinajstić information content (AvgIpc) is 2.72. The zero-order valence-electron chi connectivity index (χ0n) is 11.2. The maximum absolute atomic E-state index is 12.6. The monoisotopic (exact) mass is 287 g/mol. The van der Waals surface area contributed by atoms with Crippen molar-refractivity contribution in [1.29, 1.82) is 0 Å². The highest BCUT2D eigenvalue weighted by Gasteiger charge is 2.30. The molecule has 1 aromatic heterocycles. The highest BCUT2D eigenvalue weighted by Crippen LogP contribution is 2.24. The largest absolute Gasteiger partial charge is 0.394 e. The number of hydrogen-bond acceptors (Lipinski definition) is 4. The SMILES string of the molecule is CC1CCCCCN1S(=O)(=O)c1cnn(CCO)c1. The second-order valence-electron chi connectivity index (χ2n) is 4.98. The lowest BCUT2D eigenvalue weighted by atomic mass is 10.1. The lowest BCUT2D eigenvalue weighted by Gasteiger charge is -2.25. The first-order chi connectivity index (χ1) is 9.05. The second kappa shape index (κ2) is 6.02. The molecule has 1 unspecified atom stereocenters. The number of nitrogens with zero attached hydrogens (tertiary/aromatic N) is 3. The number of sulfonamides is 1. The fraction of sp³-hybridized carbons (Fsp3) is 0.750. The molecule has 1 aliphatic rings. The molecule has 6 nitrogen and oxygen atoms in total. The molecule has 108 valence electrons. The van der Waals surface area contributed by atoms with Crippen LogP contribution in [0.5, 0.6) is 0 Å². The Hall–Kier alpha value is -0.920. The Balaban J connectivity index is 2.24. The molecule has 0 radical (unpaired) electrons. The van der Waals surface area contributed by atoms with Gasteiger partial charge < -0.3 is 5.11 Å². The minimum Gasteiger partial charge on any atom is -0.394 e. The number of aliphatic hydroxyl groups is 1. The highest BCUT2D eigenvalue weighted by molar-refractivity contribution is 7.89. The third-order valence-corrected chi connectivity index (χ3v) is 5.50. The van der Waals surface area contributed by atoms with E-state index >= 15 is 0 Å². The van der Waals surface area contributed by atoms with E-state index in [4.69, 9.17) is 5.11 Å². The van der Waals surface area contributed by atoms with Crippen molar-refractivity contribution in [1.82, 2.24) is 14.1 Å². The van der Waals surface area contributed by atoms with Crippen LogP contribution in [-0.4, -0.2) is 46.8 Å². The van der Waals surface area contributed by atoms with E-state index in [9.17, 15) is 8.42 Å². The fourth-order valence-electron chi connectivity index (χ4n) is 2.44. The van der Waals surface area contributed by atoms with Gasteiger partial charge in [0.1, 0.15) is 4.90 Å². The summed E-state index contributed by atoms with van der Waals surface area (Å²) in [6.45, 7) is 2.79. The Morgan fingerprint density at radius 2 is 2.21 bits per heavy atom. The van der Waals surface area contributed by atoms with Crippen LogP contribution in [0.3, 0.4) is 0 Å². The summed E-state index contributed by atoms with van der Waals surface area (Å²) in [7, 11) is -3.46. The van der Waals surface area contributed by atoms with Crippen LogP contribution in [0.15, 0.2) is 17.3 Å². The topological polar surface area (TPSA) is 75.4 Å². The van der Waals surface area contributed by atoms with Crippen LogP contribution in [0.4, 0.5) is 0 Å². The molecule has 1 aliphatic heterocycles. The molecule has 0 bridgehead atoms. The summed E-state index contributed by atoms with van der Waals surface area (Å²) in [5.74, 6) is 0. The van der Waals surface area contributed by atoms with E-state index in [0.29, 0.717) is 13.1 Å². The van der Waals surface area contributed by atoms with Crippen LogP contribution in [0.25, 0.3) is 0 Å². The van der Waals surface area contributed by atoms with Crippen molar-refractivity contribution < 1.29 is 13.5 Å². The highest BCUT2D eigenvalue weighted by atomic mass is 32.2. The summed E-state index contributed by atoms with van der Waals surface area (Å²) in [6.07, 6.45) is 6.83. The van der Waals surface area contributed by atoms with Crippen LogP contribution < -0.4 is 0 Å². The van der Waals surface area contributed by atoms with E-state index in [-0.39, 0.29) is 17.5 Å². The summed E-state index contributed by atoms with van der Waals surface area (Å²) in [5, 5.41) is 12.8. The first-order valence-electron chi connectivity index (χ1n) is 6.71. The Labute approximate surface area is 114 Å². The first kappa shape index (κ1) is 14.5. The van der Waals surface area contributed by atoms with E-state index < -0.39 is 10.0 Å². The molecule has 2 rings (SSSR count). The Bertz CT molecular complexity index is 512. The Morgan fingerprint density at radius 1 is 1.42 bits per heavy atom. The van der Waals surface area contributed by atoms with Gasteiger partial charge in [0, 0.05) is 18.8 Å². The molecule has 1 N–H and O–H groups in total. The molecule has 1 saturated heterocycles. The molecule has 0 aromatic carbocycles. The molecule has 7 heteroatoms. The molecule has 0 aliphatic carbocycles. The molecule has 1 aromatic rings. The summed E-state index contributed by atoms with van der Waals surface area (Å²) < 4.78 is 28.2. The van der Waals surface area contributed by atoms with Gasteiger partial charge in [0.25, 0.3) is 0 Å². The van der Waals surface area contributed by atoms with Crippen molar-refractivity contribution in [3.8, 4) is 0 Å². The van der Waals surface area contributed by atoms with Gasteiger partial charge in [-0.15, -0.1) is 0 Å². The molecule has 0 spiro atoms. The predicted molar refractivity (Wildman–Crippen MR) is 71.1 cm³/mol. The Morgan fingerprint density at radius 3 is 2.95 bits per heavy atom. The zero-order valence-corrected chi connectivity index (χ0v) is 12.0. The zero-order chi connectivity index (χ0) is 13.9. The van der Waals surface area contributed by atoms with E-state index in [1.807, 2.05) is 6.92 Å². The van der Waals surface area contributed by atoms with Gasteiger partial charge in [-0.3, -0.25) is 4.68 Å². The van der Waals surface area contributed by atoms with Crippen LogP contribution in [0.1, 0.15) is 32.6 Å². The van der Waals surface area contributed by atoms with E-state index in [2.05, 4.69) is 5.10 Å². The summed E-state index contributed by atoms with van der Waals surface area (Å²) in [5.41, 5.74) is 0. The van der Waals surface area contributed by atoms with Crippen molar-refractivity contribution in [2.75, 3.05) is 13.2 Å². The maximum Gasteiger partial charge on any atom is 0.246 e. The standard InChI is InChI=1S/C12H21N3O3S/c1-11-5-3-2-4-6-15(11)19(17,18)12-9-13-14(10-12)7-8-16/h9-11,16H,2-8H2,1H3. The average molecular weight is 287 g/mol. The van der Waals surface area contributed by atoms with Gasteiger partial charge in [-0.2, -0.15) is 9.40 Å². The maximum atomic E-state index is 12.6. The number of hydrogen-bond donors (Lipinski definition) is 1. The van der Waals surface area contributed by atoms with Crippen molar-refractivity contribution in [3.05, 3.63) is 12.4 Å². The molecule has 19 heavy (non-hydrogen) atoms. The van der Waals surface area contributed by atoms with Gasteiger partial charge in [0.15, 0.2) is 0 Å². The van der Waals surface area contributed by atoms with Gasteiger partial charge in [0.2, 0.25) is 10.0 Å². The third kappa shape index (κ3) is 3.16. The first-order valence-corrected chi connectivity index (χ1v) is 8.15. The second-order valence-corrected chi connectivity index (χ2v) is 6.87. The summed E-state index contributed by atoms with van der Waals surface area (Å²) in [6, 6.07) is 0.0358. The van der Waals surface area contributed by atoms with Gasteiger partial charge in [0.05, 0.1) is 19.3 Å². The van der Waals surface area contributed by atoms with Crippen molar-refractivity contribution in [3.63, 3.8) is 0 Å². The van der Waals surface area contributed by atoms with Crippen LogP contribution in [0, 0.1) is 0 Å². The fourth-order valence-corrected chi connectivity index (χ4v) is 4.10. The lowest BCUT2D eigenvalue weighted by molar-refractivity contribution is 0.269. The molecule has 1 atom stereocenters. The number of aromatic nitrogens is 2. The molecule has 0 saturated carbocycles. The van der Waals surface area contributed by atoms with E-state index in [1.165, 1.54) is 17.1 Å². The Kier molecular flexibility index (Phi) is 4.59. The van der Waals surface area contributed by atoms with E-state index in [1.54, 1.807) is 4.31 Å². The summed E-state index contributed by atoms with van der Waals surface area (Å²) in [4.78, 5) is 0.217. The molecular weight excluding hydrogens is 266 g/mol. The van der Waals surface area contributed by atoms with Crippen molar-refractivity contribution >= 4 is 10.0 Å². The van der Waals surface area contributed by atoms with Crippen molar-refractivity contribution in [2.24, 2.45) is 0 Å². The summed E-state index contributed by atoms with van der Waals surface area (Å²) >= 11 is 0. The number of aliphatic hydroxyl groups excluding tert-OH is 1. The van der Waals surface area contributed by atoms with Crippen LogP contribution >= 0.6 is 0 Å². The van der Waals surface area contributed by atoms with Gasteiger partial charge in [-0.25, -0.2) is 8.42 Å². The lowest BCUT2D eigenvalue weighted by Crippen LogP contribution is -2.38. The minimum atomic E-state index is -3.46. The van der Waals surface area contributed by atoms with E-state index in [0.717, 1.165) is 25.7 Å². The molecule has 1 fully saturated rings. The van der Waals surface area contributed by atoms with Gasteiger partial charge >= 0.3 is 0 Å². The van der Waals surface area contributed by atoms with Crippen molar-refractivity contribution in [2.45, 2.75) is 50.1 Å². The van der Waals surface area contributed by atoms with Crippen LogP contribution in [-0.2, 0) is 16.6 Å². The van der Waals surface area contributed by atoms with Gasteiger partial charge in [-0.1, -0.05) is 12.8 Å². The molecule has 2 heterocycles. The van der Waals surface area contributed by atoms with Gasteiger partial charge in [-0.05, 0) is 19.8 Å². The smallest absolute Gasteiger partial charge is 0.246 e. The van der Waals surface area contributed by atoms with Crippen LogP contribution in [0.2, 0.25) is 0 Å².